The number of nitrogens with one attached hydrogen (secondary N) is 1. The van der Waals surface area contributed by atoms with E-state index in [2.05, 4.69) is 43.1 Å². The van der Waals surface area contributed by atoms with E-state index >= 15 is 0 Å². The zero-order valence-electron chi connectivity index (χ0n) is 11.1. The summed E-state index contributed by atoms with van der Waals surface area (Å²) in [7, 11) is 2.03. The molecule has 0 saturated carbocycles. The van der Waals surface area contributed by atoms with Crippen LogP contribution < -0.4 is 5.32 Å². The highest BCUT2D eigenvalue weighted by molar-refractivity contribution is 4.90. The predicted molar refractivity (Wildman–Crippen MR) is 66.4 cm³/mol. The van der Waals surface area contributed by atoms with Gasteiger partial charge in [-0.25, -0.2) is 9.67 Å². The van der Waals surface area contributed by atoms with Gasteiger partial charge in [-0.05, 0) is 33.2 Å². The number of rotatable bonds is 6. The smallest absolute Gasteiger partial charge is 0.138 e. The minimum Gasteiger partial charge on any atom is -0.317 e. The second kappa shape index (κ2) is 5.99. The van der Waals surface area contributed by atoms with Gasteiger partial charge >= 0.3 is 0 Å². The van der Waals surface area contributed by atoms with Crippen LogP contribution in [0.2, 0.25) is 0 Å². The third-order valence-electron chi connectivity index (χ3n) is 3.14. The Morgan fingerprint density at radius 2 is 2.06 bits per heavy atom. The molecule has 2 atom stereocenters. The van der Waals surface area contributed by atoms with Gasteiger partial charge in [-0.1, -0.05) is 13.8 Å². The fraction of sp³-hybridized carbons (Fsp3) is 0.833. The molecule has 2 unspecified atom stereocenters. The van der Waals surface area contributed by atoms with Gasteiger partial charge in [0, 0.05) is 18.5 Å². The van der Waals surface area contributed by atoms with Gasteiger partial charge in [-0.3, -0.25) is 0 Å². The zero-order chi connectivity index (χ0) is 12.1. The quantitative estimate of drug-likeness (QED) is 0.804. The van der Waals surface area contributed by atoms with Crippen molar-refractivity contribution < 1.29 is 0 Å². The molecule has 4 nitrogen and oxygen atoms in total. The van der Waals surface area contributed by atoms with E-state index < -0.39 is 0 Å². The Kier molecular flexibility index (Phi) is 4.93. The lowest BCUT2D eigenvalue weighted by Crippen LogP contribution is -2.33. The first-order chi connectivity index (χ1) is 7.60. The second-order valence-corrected chi connectivity index (χ2v) is 4.70. The molecule has 1 aromatic heterocycles. The van der Waals surface area contributed by atoms with E-state index in [1.807, 2.05) is 11.7 Å². The summed E-state index contributed by atoms with van der Waals surface area (Å²) in [4.78, 5) is 4.35. The lowest BCUT2D eigenvalue weighted by atomic mass is 9.96. The summed E-state index contributed by atoms with van der Waals surface area (Å²) in [5.74, 6) is 1.67. The number of hydrogen-bond acceptors (Lipinski definition) is 3. The molecular formula is C12H24N4. The molecule has 0 radical (unpaired) electrons. The molecule has 0 saturated heterocycles. The third kappa shape index (κ3) is 3.04. The first-order valence-corrected chi connectivity index (χ1v) is 6.15. The van der Waals surface area contributed by atoms with Crippen LogP contribution in [0.25, 0.3) is 0 Å². The van der Waals surface area contributed by atoms with Crippen LogP contribution in [0.15, 0.2) is 6.33 Å². The summed E-state index contributed by atoms with van der Waals surface area (Å²) in [5, 5.41) is 7.62. The molecule has 0 aromatic carbocycles. The Morgan fingerprint density at radius 3 is 2.56 bits per heavy atom. The van der Waals surface area contributed by atoms with Gasteiger partial charge in [-0.2, -0.15) is 5.10 Å². The van der Waals surface area contributed by atoms with Crippen LogP contribution in [-0.2, 0) is 6.42 Å². The first-order valence-electron chi connectivity index (χ1n) is 6.15. The summed E-state index contributed by atoms with van der Waals surface area (Å²) in [5.41, 5.74) is 0. The molecule has 1 heterocycles. The maximum atomic E-state index is 4.35. The minimum atomic E-state index is 0.388. The van der Waals surface area contributed by atoms with Gasteiger partial charge < -0.3 is 5.32 Å². The van der Waals surface area contributed by atoms with E-state index in [9.17, 15) is 0 Å². The van der Waals surface area contributed by atoms with E-state index in [-0.39, 0.29) is 0 Å². The summed E-state index contributed by atoms with van der Waals surface area (Å²) >= 11 is 0. The van der Waals surface area contributed by atoms with Crippen LogP contribution in [0.4, 0.5) is 0 Å². The van der Waals surface area contributed by atoms with Crippen molar-refractivity contribution in [2.75, 3.05) is 7.05 Å². The number of hydrogen-bond donors (Lipinski definition) is 1. The van der Waals surface area contributed by atoms with Gasteiger partial charge in [0.15, 0.2) is 0 Å². The van der Waals surface area contributed by atoms with Crippen LogP contribution in [0.3, 0.4) is 0 Å². The number of nitrogens with zero attached hydrogens (tertiary/aromatic N) is 3. The van der Waals surface area contributed by atoms with Gasteiger partial charge in [-0.15, -0.1) is 0 Å². The van der Waals surface area contributed by atoms with E-state index in [0.29, 0.717) is 18.0 Å². The van der Waals surface area contributed by atoms with Crippen LogP contribution in [0, 0.1) is 5.92 Å². The lowest BCUT2D eigenvalue weighted by Gasteiger charge is -2.22. The Morgan fingerprint density at radius 1 is 1.38 bits per heavy atom. The van der Waals surface area contributed by atoms with Crippen molar-refractivity contribution in [1.82, 2.24) is 20.1 Å². The van der Waals surface area contributed by atoms with Crippen molar-refractivity contribution in [3.63, 3.8) is 0 Å². The molecule has 4 heteroatoms. The monoisotopic (exact) mass is 224 g/mol. The Balaban J connectivity index is 2.68. The van der Waals surface area contributed by atoms with E-state index in [4.69, 9.17) is 0 Å². The van der Waals surface area contributed by atoms with E-state index in [0.717, 1.165) is 18.7 Å². The summed E-state index contributed by atoms with van der Waals surface area (Å²) in [6.07, 6.45) is 3.79. The highest BCUT2D eigenvalue weighted by Crippen LogP contribution is 2.14. The average Bonchev–Trinajstić information content (AvgIpc) is 2.67. The Bertz CT molecular complexity index is 302. The molecule has 0 bridgehead atoms. The minimum absolute atomic E-state index is 0.388. The standard InChI is InChI=1S/C12H24N4/c1-6-11(13-5)10(4)7-12-14-8-15-16(12)9(2)3/h8-11,13H,6-7H2,1-5H3. The highest BCUT2D eigenvalue weighted by atomic mass is 15.3. The van der Waals surface area contributed by atoms with Crippen molar-refractivity contribution in [2.45, 2.75) is 52.6 Å². The SMILES string of the molecule is CCC(NC)C(C)Cc1ncnn1C(C)C. The predicted octanol–water partition coefficient (Wildman–Crippen LogP) is 2.04. The summed E-state index contributed by atoms with van der Waals surface area (Å²) in [6.45, 7) is 8.76. The van der Waals surface area contributed by atoms with Gasteiger partial charge in [0.2, 0.25) is 0 Å². The van der Waals surface area contributed by atoms with Gasteiger partial charge in [0.25, 0.3) is 0 Å². The van der Waals surface area contributed by atoms with Gasteiger partial charge in [0.05, 0.1) is 0 Å². The maximum Gasteiger partial charge on any atom is 0.138 e. The Labute approximate surface area is 98.5 Å². The van der Waals surface area contributed by atoms with Crippen molar-refractivity contribution in [3.8, 4) is 0 Å². The zero-order valence-corrected chi connectivity index (χ0v) is 11.1. The molecule has 0 fully saturated rings. The largest absolute Gasteiger partial charge is 0.317 e. The summed E-state index contributed by atoms with van der Waals surface area (Å²) in [6, 6.07) is 0.941. The fourth-order valence-electron chi connectivity index (χ4n) is 2.17. The maximum absolute atomic E-state index is 4.35. The van der Waals surface area contributed by atoms with Crippen molar-refractivity contribution in [2.24, 2.45) is 5.92 Å². The third-order valence-corrected chi connectivity index (χ3v) is 3.14. The van der Waals surface area contributed by atoms with Gasteiger partial charge in [0.1, 0.15) is 12.2 Å². The van der Waals surface area contributed by atoms with E-state index in [1.54, 1.807) is 6.33 Å². The van der Waals surface area contributed by atoms with Crippen LogP contribution >= 0.6 is 0 Å². The normalized spacial score (nSPS) is 15.4. The van der Waals surface area contributed by atoms with Crippen LogP contribution in [-0.4, -0.2) is 27.9 Å². The molecule has 0 amide bonds. The highest BCUT2D eigenvalue weighted by Gasteiger charge is 2.17. The molecule has 16 heavy (non-hydrogen) atoms. The number of aromatic nitrogens is 3. The topological polar surface area (TPSA) is 42.7 Å². The molecule has 1 rings (SSSR count). The lowest BCUT2D eigenvalue weighted by molar-refractivity contribution is 0.369. The molecular weight excluding hydrogens is 200 g/mol. The van der Waals surface area contributed by atoms with E-state index in [1.165, 1.54) is 0 Å². The molecule has 0 aliphatic rings. The molecule has 1 aromatic rings. The summed E-state index contributed by atoms with van der Waals surface area (Å²) < 4.78 is 2.01. The van der Waals surface area contributed by atoms with Crippen LogP contribution in [0.1, 0.15) is 46.0 Å². The fourth-order valence-corrected chi connectivity index (χ4v) is 2.17. The molecule has 1 N–H and O–H groups in total. The molecule has 0 aliphatic carbocycles. The molecule has 0 aliphatic heterocycles. The molecule has 92 valence electrons. The Hall–Kier alpha value is -0.900. The average molecular weight is 224 g/mol. The van der Waals surface area contributed by atoms with Crippen molar-refractivity contribution >= 4 is 0 Å². The first kappa shape index (κ1) is 13.2. The van der Waals surface area contributed by atoms with Crippen LogP contribution in [0.5, 0.6) is 0 Å². The molecule has 0 spiro atoms. The second-order valence-electron chi connectivity index (χ2n) is 4.70. The van der Waals surface area contributed by atoms with Crippen molar-refractivity contribution in [3.05, 3.63) is 12.2 Å². The van der Waals surface area contributed by atoms with Crippen molar-refractivity contribution in [1.29, 1.82) is 0 Å².